The molecule has 1 aromatic rings. The van der Waals surface area contributed by atoms with Gasteiger partial charge in [0.15, 0.2) is 0 Å². The molecule has 4 aliphatic carbocycles. The van der Waals surface area contributed by atoms with Crippen LogP contribution in [0, 0.1) is 40.3 Å². The zero-order valence-corrected chi connectivity index (χ0v) is 20.8. The van der Waals surface area contributed by atoms with Gasteiger partial charge >= 0.3 is 0 Å². The summed E-state index contributed by atoms with van der Waals surface area (Å²) < 4.78 is 13.3. The van der Waals surface area contributed by atoms with Gasteiger partial charge in [-0.25, -0.2) is 4.39 Å². The van der Waals surface area contributed by atoms with Crippen molar-refractivity contribution >= 4 is 0 Å². The van der Waals surface area contributed by atoms with Crippen LogP contribution in [0.5, 0.6) is 0 Å². The molecule has 0 aromatic heterocycles. The number of allylic oxidation sites excluding steroid dienone is 1. The Morgan fingerprint density at radius 3 is 2.52 bits per heavy atom. The molecule has 3 heteroatoms. The van der Waals surface area contributed by atoms with E-state index in [4.69, 9.17) is 0 Å². The lowest BCUT2D eigenvalue weighted by molar-refractivity contribution is -0.114. The first-order valence-electron chi connectivity index (χ1n) is 13.5. The van der Waals surface area contributed by atoms with Gasteiger partial charge in [-0.3, -0.25) is 0 Å². The first-order valence-corrected chi connectivity index (χ1v) is 13.5. The van der Waals surface area contributed by atoms with E-state index in [0.29, 0.717) is 11.8 Å². The molecule has 8 atom stereocenters. The van der Waals surface area contributed by atoms with Crippen LogP contribution in [0.25, 0.3) is 0 Å². The molecule has 33 heavy (non-hydrogen) atoms. The fourth-order valence-electron chi connectivity index (χ4n) is 9.13. The summed E-state index contributed by atoms with van der Waals surface area (Å²) in [6, 6.07) is 6.79. The summed E-state index contributed by atoms with van der Waals surface area (Å²) in [5, 5.41) is 22.2. The van der Waals surface area contributed by atoms with Crippen molar-refractivity contribution in [3.05, 3.63) is 47.3 Å². The predicted molar refractivity (Wildman–Crippen MR) is 131 cm³/mol. The standard InChI is InChI=1S/C30H43FO2/c1-4-30(33,18-13-20-5-8-22(31)9-6-20)27-12-11-25-24-10-7-21-19-23(32)14-16-28(21,2)26(24)15-17-29(25,27)3/h5-9,23-27,32-33H,4,10-19H2,1-3H3/t23-,24-,25-,26-,27-,28-,29-,30?/m0/s1. The van der Waals surface area contributed by atoms with Gasteiger partial charge < -0.3 is 10.2 Å². The van der Waals surface area contributed by atoms with Crippen LogP contribution in [-0.4, -0.2) is 21.9 Å². The SMILES string of the molecule is CCC(O)(CCc1ccc(F)cc1)[C@H]1CC[C@H]2[C@@H]3CC=C4C[C@@H](O)CC[C@]4(C)[C@H]3CC[C@]12C. The minimum Gasteiger partial charge on any atom is -0.393 e. The first kappa shape index (κ1) is 23.5. The molecule has 1 aromatic carbocycles. The molecule has 3 fully saturated rings. The van der Waals surface area contributed by atoms with Crippen LogP contribution in [0.15, 0.2) is 35.9 Å². The average molecular weight is 455 g/mol. The predicted octanol–water partition coefficient (Wildman–Crippen LogP) is 6.84. The maximum atomic E-state index is 13.3. The van der Waals surface area contributed by atoms with Crippen LogP contribution in [-0.2, 0) is 6.42 Å². The Kier molecular flexibility index (Phi) is 6.05. The fourth-order valence-corrected chi connectivity index (χ4v) is 9.13. The Bertz CT molecular complexity index is 893. The Labute approximate surface area is 199 Å². The van der Waals surface area contributed by atoms with Gasteiger partial charge in [0.2, 0.25) is 0 Å². The van der Waals surface area contributed by atoms with Crippen molar-refractivity contribution in [2.24, 2.45) is 34.5 Å². The van der Waals surface area contributed by atoms with Crippen molar-refractivity contribution in [2.45, 2.75) is 103 Å². The van der Waals surface area contributed by atoms with E-state index in [0.717, 1.165) is 68.8 Å². The van der Waals surface area contributed by atoms with E-state index in [-0.39, 0.29) is 22.8 Å². The molecule has 4 aliphatic rings. The summed E-state index contributed by atoms with van der Waals surface area (Å²) in [6.07, 6.45) is 13.7. The number of benzene rings is 1. The highest BCUT2D eigenvalue weighted by molar-refractivity contribution is 5.26. The fraction of sp³-hybridized carbons (Fsp3) is 0.733. The summed E-state index contributed by atoms with van der Waals surface area (Å²) in [4.78, 5) is 0. The molecule has 0 spiro atoms. The van der Waals surface area contributed by atoms with Gasteiger partial charge in [-0.2, -0.15) is 0 Å². The molecule has 2 N–H and O–H groups in total. The third-order valence-electron chi connectivity index (χ3n) is 11.1. The van der Waals surface area contributed by atoms with E-state index in [9.17, 15) is 14.6 Å². The van der Waals surface area contributed by atoms with E-state index in [1.807, 2.05) is 12.1 Å². The summed E-state index contributed by atoms with van der Waals surface area (Å²) in [5.41, 5.74) is 2.46. The van der Waals surface area contributed by atoms with Crippen LogP contribution in [0.3, 0.4) is 0 Å². The molecule has 0 heterocycles. The van der Waals surface area contributed by atoms with E-state index < -0.39 is 5.60 Å². The van der Waals surface area contributed by atoms with Gasteiger partial charge in [0.05, 0.1) is 11.7 Å². The van der Waals surface area contributed by atoms with Crippen LogP contribution in [0.1, 0.15) is 90.5 Å². The van der Waals surface area contributed by atoms with Crippen molar-refractivity contribution in [1.29, 1.82) is 0 Å². The zero-order valence-electron chi connectivity index (χ0n) is 20.8. The monoisotopic (exact) mass is 454 g/mol. The molecule has 0 bridgehead atoms. The highest BCUT2D eigenvalue weighted by Gasteiger charge is 2.61. The van der Waals surface area contributed by atoms with Crippen molar-refractivity contribution < 1.29 is 14.6 Å². The van der Waals surface area contributed by atoms with Crippen LogP contribution < -0.4 is 0 Å². The van der Waals surface area contributed by atoms with Gasteiger partial charge in [0.1, 0.15) is 5.82 Å². The van der Waals surface area contributed by atoms with Crippen LogP contribution in [0.2, 0.25) is 0 Å². The quantitative estimate of drug-likeness (QED) is 0.478. The van der Waals surface area contributed by atoms with Gasteiger partial charge in [-0.05, 0) is 123 Å². The lowest BCUT2D eigenvalue weighted by atomic mass is 9.46. The van der Waals surface area contributed by atoms with E-state index in [1.165, 1.54) is 37.0 Å². The second-order valence-corrected chi connectivity index (χ2v) is 12.4. The normalized spacial score (nSPS) is 42.0. The number of aryl methyl sites for hydroxylation is 1. The van der Waals surface area contributed by atoms with Crippen LogP contribution >= 0.6 is 0 Å². The Morgan fingerprint density at radius 2 is 1.79 bits per heavy atom. The van der Waals surface area contributed by atoms with Crippen LogP contribution in [0.4, 0.5) is 4.39 Å². The van der Waals surface area contributed by atoms with Gasteiger partial charge in [-0.1, -0.05) is 44.6 Å². The largest absolute Gasteiger partial charge is 0.393 e. The summed E-state index contributed by atoms with van der Waals surface area (Å²) in [6.45, 7) is 7.13. The van der Waals surface area contributed by atoms with Gasteiger partial charge in [-0.15, -0.1) is 0 Å². The number of hydrogen-bond acceptors (Lipinski definition) is 2. The third-order valence-corrected chi connectivity index (χ3v) is 11.1. The molecule has 0 aliphatic heterocycles. The molecule has 182 valence electrons. The summed E-state index contributed by atoms with van der Waals surface area (Å²) in [7, 11) is 0. The molecule has 0 radical (unpaired) electrons. The van der Waals surface area contributed by atoms with Crippen molar-refractivity contribution in [3.63, 3.8) is 0 Å². The number of halogens is 1. The lowest BCUT2D eigenvalue weighted by Crippen LogP contribution is -2.53. The zero-order chi connectivity index (χ0) is 23.4. The maximum Gasteiger partial charge on any atom is 0.123 e. The highest BCUT2D eigenvalue weighted by Crippen LogP contribution is 2.68. The Hall–Kier alpha value is -1.19. The average Bonchev–Trinajstić information content (AvgIpc) is 3.17. The minimum atomic E-state index is -0.654. The maximum absolute atomic E-state index is 13.3. The Morgan fingerprint density at radius 1 is 1.03 bits per heavy atom. The molecule has 1 unspecified atom stereocenters. The summed E-state index contributed by atoms with van der Waals surface area (Å²) >= 11 is 0. The number of aliphatic hydroxyl groups is 2. The Balaban J connectivity index is 1.36. The van der Waals surface area contributed by atoms with E-state index in [2.05, 4.69) is 26.8 Å². The van der Waals surface area contributed by atoms with Crippen molar-refractivity contribution in [1.82, 2.24) is 0 Å². The molecule has 0 saturated heterocycles. The second kappa shape index (κ2) is 8.48. The molecule has 5 rings (SSSR count). The topological polar surface area (TPSA) is 40.5 Å². The molecular formula is C30H43FO2. The first-order chi connectivity index (χ1) is 15.7. The molecule has 3 saturated carbocycles. The number of fused-ring (bicyclic) bond motifs is 5. The third kappa shape index (κ3) is 3.82. The summed E-state index contributed by atoms with van der Waals surface area (Å²) in [5.74, 6) is 2.28. The number of rotatable bonds is 5. The minimum absolute atomic E-state index is 0.147. The smallest absolute Gasteiger partial charge is 0.123 e. The number of aliphatic hydroxyl groups excluding tert-OH is 1. The highest BCUT2D eigenvalue weighted by atomic mass is 19.1. The lowest BCUT2D eigenvalue weighted by Gasteiger charge is -2.59. The van der Waals surface area contributed by atoms with Gasteiger partial charge in [0.25, 0.3) is 0 Å². The molecular weight excluding hydrogens is 411 g/mol. The molecule has 2 nitrogen and oxygen atoms in total. The van der Waals surface area contributed by atoms with E-state index >= 15 is 0 Å². The van der Waals surface area contributed by atoms with Gasteiger partial charge in [0, 0.05) is 0 Å². The van der Waals surface area contributed by atoms with E-state index in [1.54, 1.807) is 0 Å². The van der Waals surface area contributed by atoms with Crippen molar-refractivity contribution in [3.8, 4) is 0 Å². The number of hydrogen-bond donors (Lipinski definition) is 2. The second-order valence-electron chi connectivity index (χ2n) is 12.4. The van der Waals surface area contributed by atoms with Crippen molar-refractivity contribution in [2.75, 3.05) is 0 Å². The molecule has 0 amide bonds.